The summed E-state index contributed by atoms with van der Waals surface area (Å²) in [5.74, 6) is 1.52. The molecule has 0 aliphatic rings. The van der Waals surface area contributed by atoms with Crippen molar-refractivity contribution >= 4 is 38.9 Å². The van der Waals surface area contributed by atoms with Crippen molar-refractivity contribution in [1.82, 2.24) is 9.97 Å². The summed E-state index contributed by atoms with van der Waals surface area (Å²) in [5.41, 5.74) is 8.27. The number of halogens is 1. The van der Waals surface area contributed by atoms with E-state index in [4.69, 9.17) is 5.73 Å². The monoisotopic (exact) mass is 340 g/mol. The number of hydrogen-bond donors (Lipinski definition) is 1. The molecule has 0 fully saturated rings. The average Bonchev–Trinajstić information content (AvgIpc) is 2.77. The van der Waals surface area contributed by atoms with Crippen molar-refractivity contribution in [3.63, 3.8) is 0 Å². The van der Waals surface area contributed by atoms with Gasteiger partial charge in [0.15, 0.2) is 0 Å². The van der Waals surface area contributed by atoms with Gasteiger partial charge in [0.2, 0.25) is 0 Å². The van der Waals surface area contributed by atoms with Gasteiger partial charge in [0.05, 0.1) is 3.79 Å². The van der Waals surface area contributed by atoms with Gasteiger partial charge in [-0.05, 0) is 39.4 Å². The Kier molecular flexibility index (Phi) is 4.76. The highest BCUT2D eigenvalue weighted by Crippen LogP contribution is 2.26. The van der Waals surface area contributed by atoms with Gasteiger partial charge in [0.25, 0.3) is 0 Å². The highest BCUT2D eigenvalue weighted by molar-refractivity contribution is 9.11. The molecule has 2 N–H and O–H groups in total. The van der Waals surface area contributed by atoms with E-state index in [9.17, 15) is 0 Å². The van der Waals surface area contributed by atoms with Crippen LogP contribution in [0.1, 0.15) is 24.5 Å². The van der Waals surface area contributed by atoms with E-state index in [1.54, 1.807) is 11.3 Å². The topological polar surface area (TPSA) is 55.0 Å². The quantitative estimate of drug-likeness (QED) is 0.905. The normalized spacial score (nSPS) is 10.7. The number of anilines is 2. The van der Waals surface area contributed by atoms with Crippen molar-refractivity contribution in [2.75, 3.05) is 17.7 Å². The second-order valence-electron chi connectivity index (χ2n) is 4.43. The zero-order valence-corrected chi connectivity index (χ0v) is 13.5. The summed E-state index contributed by atoms with van der Waals surface area (Å²) >= 11 is 5.18. The summed E-state index contributed by atoms with van der Waals surface area (Å²) in [6.45, 7) is 2.95. The molecular weight excluding hydrogens is 324 g/mol. The van der Waals surface area contributed by atoms with Gasteiger partial charge in [-0.2, -0.15) is 0 Å². The number of hydrogen-bond acceptors (Lipinski definition) is 5. The molecular formula is C13H17BrN4S. The zero-order chi connectivity index (χ0) is 13.8. The molecule has 0 aromatic carbocycles. The van der Waals surface area contributed by atoms with Crippen molar-refractivity contribution < 1.29 is 0 Å². The maximum Gasteiger partial charge on any atom is 0.137 e. The average molecular weight is 341 g/mol. The molecule has 6 heteroatoms. The van der Waals surface area contributed by atoms with Gasteiger partial charge in [0.1, 0.15) is 18.0 Å². The first kappa shape index (κ1) is 14.3. The lowest BCUT2D eigenvalue weighted by atomic mass is 10.1. The molecule has 2 rings (SSSR count). The predicted molar refractivity (Wildman–Crippen MR) is 84.6 cm³/mol. The van der Waals surface area contributed by atoms with Crippen LogP contribution in [0.25, 0.3) is 0 Å². The molecule has 19 heavy (non-hydrogen) atoms. The fourth-order valence-corrected chi connectivity index (χ4v) is 3.21. The van der Waals surface area contributed by atoms with Crippen molar-refractivity contribution in [3.8, 4) is 0 Å². The zero-order valence-electron chi connectivity index (χ0n) is 11.1. The molecule has 102 valence electrons. The van der Waals surface area contributed by atoms with Gasteiger partial charge < -0.3 is 10.6 Å². The number of nitrogens with two attached hydrogens (primary N) is 1. The molecule has 0 bridgehead atoms. The van der Waals surface area contributed by atoms with Crippen molar-refractivity contribution in [2.24, 2.45) is 0 Å². The van der Waals surface area contributed by atoms with Crippen LogP contribution in [0.5, 0.6) is 0 Å². The highest BCUT2D eigenvalue weighted by atomic mass is 79.9. The van der Waals surface area contributed by atoms with Gasteiger partial charge in [-0.25, -0.2) is 9.97 Å². The largest absolute Gasteiger partial charge is 0.383 e. The van der Waals surface area contributed by atoms with Crippen LogP contribution in [-0.2, 0) is 13.0 Å². The van der Waals surface area contributed by atoms with Crippen molar-refractivity contribution in [1.29, 1.82) is 0 Å². The van der Waals surface area contributed by atoms with Crippen LogP contribution in [0.15, 0.2) is 21.6 Å². The number of nitrogen functional groups attached to an aromatic ring is 1. The van der Waals surface area contributed by atoms with E-state index in [0.29, 0.717) is 5.82 Å². The van der Waals surface area contributed by atoms with Crippen LogP contribution in [-0.4, -0.2) is 17.0 Å². The van der Waals surface area contributed by atoms with Gasteiger partial charge in [-0.1, -0.05) is 13.3 Å². The van der Waals surface area contributed by atoms with E-state index in [0.717, 1.165) is 34.6 Å². The first-order valence-electron chi connectivity index (χ1n) is 6.15. The third-order valence-electron chi connectivity index (χ3n) is 2.86. The van der Waals surface area contributed by atoms with E-state index >= 15 is 0 Å². The number of rotatable bonds is 5. The predicted octanol–water partition coefficient (Wildman–Crippen LogP) is 3.47. The Hall–Kier alpha value is -1.14. The maximum absolute atomic E-state index is 5.96. The molecule has 0 aliphatic heterocycles. The molecule has 0 aliphatic carbocycles. The van der Waals surface area contributed by atoms with Crippen LogP contribution < -0.4 is 10.6 Å². The molecule has 2 aromatic heterocycles. The second kappa shape index (κ2) is 6.34. The fraction of sp³-hybridized carbons (Fsp3) is 0.385. The molecule has 0 radical (unpaired) electrons. The van der Waals surface area contributed by atoms with E-state index in [1.165, 1.54) is 11.9 Å². The van der Waals surface area contributed by atoms with E-state index in [2.05, 4.69) is 49.2 Å². The molecule has 0 amide bonds. The summed E-state index contributed by atoms with van der Waals surface area (Å²) in [4.78, 5) is 10.6. The van der Waals surface area contributed by atoms with Crippen molar-refractivity contribution in [3.05, 3.63) is 32.7 Å². The van der Waals surface area contributed by atoms with E-state index < -0.39 is 0 Å². The Bertz CT molecular complexity index is 555. The Balaban J connectivity index is 2.23. The fourth-order valence-electron chi connectivity index (χ4n) is 2.01. The SMILES string of the molecule is CCCc1c(N)ncnc1N(C)Cc1csc(Br)c1. The molecule has 0 saturated heterocycles. The Morgan fingerprint density at radius 1 is 1.42 bits per heavy atom. The molecule has 0 saturated carbocycles. The van der Waals surface area contributed by atoms with Crippen LogP contribution in [0.2, 0.25) is 0 Å². The number of nitrogens with zero attached hydrogens (tertiary/aromatic N) is 3. The Morgan fingerprint density at radius 2 is 2.21 bits per heavy atom. The van der Waals surface area contributed by atoms with Crippen LogP contribution in [0, 0.1) is 0 Å². The summed E-state index contributed by atoms with van der Waals surface area (Å²) in [6.07, 6.45) is 3.46. The maximum atomic E-state index is 5.96. The molecule has 4 nitrogen and oxygen atoms in total. The Labute approximate surface area is 125 Å². The molecule has 0 spiro atoms. The minimum atomic E-state index is 0.588. The molecule has 2 aromatic rings. The van der Waals surface area contributed by atoms with Gasteiger partial charge >= 0.3 is 0 Å². The minimum Gasteiger partial charge on any atom is -0.383 e. The smallest absolute Gasteiger partial charge is 0.137 e. The molecule has 2 heterocycles. The van der Waals surface area contributed by atoms with Gasteiger partial charge in [-0.3, -0.25) is 0 Å². The summed E-state index contributed by atoms with van der Waals surface area (Å²) in [6, 6.07) is 2.13. The van der Waals surface area contributed by atoms with Crippen LogP contribution in [0.4, 0.5) is 11.6 Å². The lowest BCUT2D eigenvalue weighted by Crippen LogP contribution is -2.20. The van der Waals surface area contributed by atoms with Crippen LogP contribution >= 0.6 is 27.3 Å². The highest BCUT2D eigenvalue weighted by Gasteiger charge is 2.13. The van der Waals surface area contributed by atoms with Crippen molar-refractivity contribution in [2.45, 2.75) is 26.3 Å². The first-order valence-corrected chi connectivity index (χ1v) is 7.82. The third-order valence-corrected chi connectivity index (χ3v) is 4.41. The molecule has 0 unspecified atom stereocenters. The lowest BCUT2D eigenvalue weighted by molar-refractivity contribution is 0.847. The van der Waals surface area contributed by atoms with E-state index in [1.807, 2.05) is 7.05 Å². The number of thiophene rings is 1. The standard InChI is InChI=1S/C13H17BrN4S/c1-3-4-10-12(15)16-8-17-13(10)18(2)6-9-5-11(14)19-7-9/h5,7-8H,3-4,6H2,1-2H3,(H2,15,16,17). The summed E-state index contributed by atoms with van der Waals surface area (Å²) < 4.78 is 1.15. The van der Waals surface area contributed by atoms with Gasteiger partial charge in [-0.15, -0.1) is 11.3 Å². The molecule has 0 atom stereocenters. The summed E-state index contributed by atoms with van der Waals surface area (Å²) in [5, 5.41) is 2.14. The number of aromatic nitrogens is 2. The Morgan fingerprint density at radius 3 is 2.84 bits per heavy atom. The third kappa shape index (κ3) is 3.45. The summed E-state index contributed by atoms with van der Waals surface area (Å²) in [7, 11) is 2.03. The first-order chi connectivity index (χ1) is 9.11. The van der Waals surface area contributed by atoms with E-state index in [-0.39, 0.29) is 0 Å². The van der Waals surface area contributed by atoms with Gasteiger partial charge in [0, 0.05) is 19.2 Å². The second-order valence-corrected chi connectivity index (χ2v) is 6.72. The van der Waals surface area contributed by atoms with Crippen LogP contribution in [0.3, 0.4) is 0 Å². The minimum absolute atomic E-state index is 0.588. The lowest BCUT2D eigenvalue weighted by Gasteiger charge is -2.21.